The molecule has 1 aromatic heterocycles. The number of thiazole rings is 1. The molecular formula is C11H10N2S2. The lowest BCUT2D eigenvalue weighted by molar-refractivity contribution is 1.39. The van der Waals surface area contributed by atoms with E-state index in [1.165, 1.54) is 0 Å². The molecule has 0 unspecified atom stereocenters. The molecule has 2 rings (SSSR count). The van der Waals surface area contributed by atoms with E-state index in [0.29, 0.717) is 0 Å². The Morgan fingerprint density at radius 1 is 1.33 bits per heavy atom. The van der Waals surface area contributed by atoms with Crippen molar-refractivity contribution in [3.8, 4) is 0 Å². The van der Waals surface area contributed by atoms with E-state index < -0.39 is 0 Å². The zero-order valence-corrected chi connectivity index (χ0v) is 9.89. The molecule has 0 saturated heterocycles. The van der Waals surface area contributed by atoms with Gasteiger partial charge in [-0.2, -0.15) is 0 Å². The Hall–Kier alpha value is -1.13. The number of rotatable bonds is 2. The van der Waals surface area contributed by atoms with Crippen molar-refractivity contribution in [1.29, 1.82) is 0 Å². The van der Waals surface area contributed by atoms with Gasteiger partial charge in [-0.25, -0.2) is 9.98 Å². The molecule has 1 heterocycles. The first-order valence-corrected chi connectivity index (χ1v) is 6.58. The molecule has 15 heavy (non-hydrogen) atoms. The Morgan fingerprint density at radius 2 is 2.13 bits per heavy atom. The zero-order valence-electron chi connectivity index (χ0n) is 8.25. The minimum absolute atomic E-state index is 0.969. The number of nitrogens with zero attached hydrogens (tertiary/aromatic N) is 2. The predicted octanol–water partition coefficient (Wildman–Crippen LogP) is 3.58. The number of aromatic nitrogens is 1. The predicted molar refractivity (Wildman–Crippen MR) is 68.3 cm³/mol. The molecule has 0 aliphatic carbocycles. The summed E-state index contributed by atoms with van der Waals surface area (Å²) < 4.78 is 0. The molecule has 1 aromatic carbocycles. The molecule has 4 heteroatoms. The standard InChI is InChI=1S/C11H10N2S2/c1-14-11(10-12-7-8-15-10)13-9-5-3-2-4-6-9/h2-8H,1H3. The second-order valence-corrected chi connectivity index (χ2v) is 4.48. The van der Waals surface area contributed by atoms with Crippen LogP contribution in [-0.4, -0.2) is 16.3 Å². The highest BCUT2D eigenvalue weighted by Gasteiger charge is 2.04. The van der Waals surface area contributed by atoms with Gasteiger partial charge in [0.1, 0.15) is 10.1 Å². The van der Waals surface area contributed by atoms with Crippen LogP contribution < -0.4 is 0 Å². The first-order valence-electron chi connectivity index (χ1n) is 4.48. The summed E-state index contributed by atoms with van der Waals surface area (Å²) in [5.74, 6) is 0. The largest absolute Gasteiger partial charge is 0.242 e. The van der Waals surface area contributed by atoms with Crippen LogP contribution in [0.3, 0.4) is 0 Å². The lowest BCUT2D eigenvalue weighted by Crippen LogP contribution is -1.92. The van der Waals surface area contributed by atoms with Gasteiger partial charge in [0.15, 0.2) is 0 Å². The topological polar surface area (TPSA) is 25.2 Å². The summed E-state index contributed by atoms with van der Waals surface area (Å²) in [5.41, 5.74) is 0.969. The summed E-state index contributed by atoms with van der Waals surface area (Å²) in [6.45, 7) is 0. The van der Waals surface area contributed by atoms with Gasteiger partial charge in [-0.15, -0.1) is 23.1 Å². The average molecular weight is 234 g/mol. The quantitative estimate of drug-likeness (QED) is 0.586. The summed E-state index contributed by atoms with van der Waals surface area (Å²) in [4.78, 5) is 8.80. The Balaban J connectivity index is 2.32. The molecule has 2 aromatic rings. The highest BCUT2D eigenvalue weighted by Crippen LogP contribution is 2.19. The zero-order chi connectivity index (χ0) is 10.5. The highest BCUT2D eigenvalue weighted by molar-refractivity contribution is 8.14. The third kappa shape index (κ3) is 2.67. The Bertz CT molecular complexity index is 435. The first kappa shape index (κ1) is 10.4. The highest BCUT2D eigenvalue weighted by atomic mass is 32.2. The molecule has 0 aliphatic heterocycles. The second-order valence-electron chi connectivity index (χ2n) is 2.79. The summed E-state index contributed by atoms with van der Waals surface area (Å²) in [5, 5.41) is 3.91. The number of para-hydroxylation sites is 1. The molecule has 0 N–H and O–H groups in total. The van der Waals surface area contributed by atoms with E-state index in [1.54, 1.807) is 29.3 Å². The third-order valence-corrected chi connectivity index (χ3v) is 3.38. The lowest BCUT2D eigenvalue weighted by Gasteiger charge is -1.98. The molecular weight excluding hydrogens is 224 g/mol. The molecule has 76 valence electrons. The molecule has 0 amide bonds. The molecule has 2 nitrogen and oxygen atoms in total. The minimum atomic E-state index is 0.969. The lowest BCUT2D eigenvalue weighted by atomic mass is 10.3. The molecule has 0 fully saturated rings. The van der Waals surface area contributed by atoms with Crippen molar-refractivity contribution in [3.05, 3.63) is 46.9 Å². The SMILES string of the molecule is CSC(=Nc1ccccc1)c1nccs1. The number of hydrogen-bond acceptors (Lipinski definition) is 4. The van der Waals surface area contributed by atoms with Gasteiger partial charge in [0.25, 0.3) is 0 Å². The molecule has 0 atom stereocenters. The summed E-state index contributed by atoms with van der Waals surface area (Å²) in [7, 11) is 0. The van der Waals surface area contributed by atoms with Gasteiger partial charge in [-0.3, -0.25) is 0 Å². The second kappa shape index (κ2) is 5.09. The van der Waals surface area contributed by atoms with Crippen LogP contribution in [0.4, 0.5) is 5.69 Å². The average Bonchev–Trinajstić information content (AvgIpc) is 2.81. The van der Waals surface area contributed by atoms with Gasteiger partial charge in [0.05, 0.1) is 5.69 Å². The van der Waals surface area contributed by atoms with E-state index >= 15 is 0 Å². The number of benzene rings is 1. The Labute approximate surface area is 97.1 Å². The fraction of sp³-hybridized carbons (Fsp3) is 0.0909. The van der Waals surface area contributed by atoms with E-state index in [2.05, 4.69) is 9.98 Å². The first-order chi connectivity index (χ1) is 7.40. The molecule has 0 aliphatic rings. The van der Waals surface area contributed by atoms with Crippen molar-refractivity contribution in [3.63, 3.8) is 0 Å². The maximum atomic E-state index is 4.55. The van der Waals surface area contributed by atoms with E-state index in [1.807, 2.05) is 42.0 Å². The van der Waals surface area contributed by atoms with Crippen LogP contribution in [0.2, 0.25) is 0 Å². The fourth-order valence-corrected chi connectivity index (χ4v) is 2.47. The normalized spacial score (nSPS) is 11.7. The van der Waals surface area contributed by atoms with Gasteiger partial charge in [-0.05, 0) is 18.4 Å². The molecule has 0 spiro atoms. The molecule has 0 bridgehead atoms. The Morgan fingerprint density at radius 3 is 2.73 bits per heavy atom. The van der Waals surface area contributed by atoms with Crippen molar-refractivity contribution in [2.24, 2.45) is 4.99 Å². The number of hydrogen-bond donors (Lipinski definition) is 0. The van der Waals surface area contributed by atoms with Crippen molar-refractivity contribution in [2.45, 2.75) is 0 Å². The van der Waals surface area contributed by atoms with Crippen LogP contribution in [0.5, 0.6) is 0 Å². The molecule has 0 saturated carbocycles. The van der Waals surface area contributed by atoms with Crippen LogP contribution in [0.25, 0.3) is 0 Å². The van der Waals surface area contributed by atoms with Crippen LogP contribution in [-0.2, 0) is 0 Å². The van der Waals surface area contributed by atoms with Crippen LogP contribution in [0.15, 0.2) is 46.9 Å². The van der Waals surface area contributed by atoms with Crippen LogP contribution in [0, 0.1) is 0 Å². The van der Waals surface area contributed by atoms with Crippen LogP contribution >= 0.6 is 23.1 Å². The Kier molecular flexibility index (Phi) is 3.53. The van der Waals surface area contributed by atoms with Gasteiger partial charge >= 0.3 is 0 Å². The summed E-state index contributed by atoms with van der Waals surface area (Å²) in [6.07, 6.45) is 3.82. The summed E-state index contributed by atoms with van der Waals surface area (Å²) in [6, 6.07) is 9.94. The van der Waals surface area contributed by atoms with Gasteiger partial charge in [0, 0.05) is 11.6 Å². The van der Waals surface area contributed by atoms with Gasteiger partial charge in [0.2, 0.25) is 0 Å². The van der Waals surface area contributed by atoms with Crippen LogP contribution in [0.1, 0.15) is 5.01 Å². The maximum Gasteiger partial charge on any atom is 0.148 e. The van der Waals surface area contributed by atoms with E-state index in [0.717, 1.165) is 15.7 Å². The van der Waals surface area contributed by atoms with Crippen molar-refractivity contribution in [1.82, 2.24) is 4.98 Å². The van der Waals surface area contributed by atoms with E-state index in [4.69, 9.17) is 0 Å². The van der Waals surface area contributed by atoms with Crippen molar-refractivity contribution in [2.75, 3.05) is 6.26 Å². The minimum Gasteiger partial charge on any atom is -0.242 e. The van der Waals surface area contributed by atoms with Crippen molar-refractivity contribution >= 4 is 33.8 Å². The number of thioether (sulfide) groups is 1. The van der Waals surface area contributed by atoms with Gasteiger partial charge in [-0.1, -0.05) is 18.2 Å². The van der Waals surface area contributed by atoms with E-state index in [-0.39, 0.29) is 0 Å². The third-order valence-electron chi connectivity index (χ3n) is 1.80. The van der Waals surface area contributed by atoms with Crippen molar-refractivity contribution < 1.29 is 0 Å². The smallest absolute Gasteiger partial charge is 0.148 e. The maximum absolute atomic E-state index is 4.55. The monoisotopic (exact) mass is 234 g/mol. The van der Waals surface area contributed by atoms with E-state index in [9.17, 15) is 0 Å². The number of aliphatic imine (C=N–C) groups is 1. The fourth-order valence-electron chi connectivity index (χ4n) is 1.13. The summed E-state index contributed by atoms with van der Waals surface area (Å²) >= 11 is 3.23. The molecule has 0 radical (unpaired) electrons. The van der Waals surface area contributed by atoms with Gasteiger partial charge < -0.3 is 0 Å².